The van der Waals surface area contributed by atoms with E-state index in [2.05, 4.69) is 25.4 Å². The van der Waals surface area contributed by atoms with Crippen LogP contribution in [0.1, 0.15) is 44.6 Å². The molecule has 44 heavy (non-hydrogen) atoms. The maximum absolute atomic E-state index is 16.5. The molecule has 2 aromatic carbocycles. The molecule has 13 heteroatoms. The van der Waals surface area contributed by atoms with Gasteiger partial charge in [0, 0.05) is 61.7 Å². The van der Waals surface area contributed by atoms with E-state index in [1.165, 1.54) is 13.0 Å². The summed E-state index contributed by atoms with van der Waals surface area (Å²) < 4.78 is 79.4. The summed E-state index contributed by atoms with van der Waals surface area (Å²) in [6.07, 6.45) is -1.73. The van der Waals surface area contributed by atoms with Crippen LogP contribution in [0.4, 0.5) is 33.5 Å². The van der Waals surface area contributed by atoms with Gasteiger partial charge >= 0.3 is 12.2 Å². The molecule has 0 spiro atoms. The molecule has 5 heterocycles. The van der Waals surface area contributed by atoms with Gasteiger partial charge in [0.1, 0.15) is 24.1 Å². The first-order valence-corrected chi connectivity index (χ1v) is 15.0. The second-order valence-corrected chi connectivity index (χ2v) is 12.5. The van der Waals surface area contributed by atoms with Gasteiger partial charge in [-0.05, 0) is 62.1 Å². The lowest BCUT2D eigenvalue weighted by Gasteiger charge is -2.34. The van der Waals surface area contributed by atoms with Crippen molar-refractivity contribution >= 4 is 28.3 Å². The number of piperazine rings is 1. The molecule has 4 fully saturated rings. The van der Waals surface area contributed by atoms with Crippen molar-refractivity contribution in [3.63, 3.8) is 0 Å². The lowest BCUT2D eigenvalue weighted by molar-refractivity contribution is -0.137. The first-order chi connectivity index (χ1) is 21.0. The molecular formula is C31H33F5N6O2. The molecule has 1 amide bonds. The third kappa shape index (κ3) is 5.23. The monoisotopic (exact) mass is 616 g/mol. The van der Waals surface area contributed by atoms with Crippen LogP contribution in [0, 0.1) is 5.82 Å². The van der Waals surface area contributed by atoms with Crippen molar-refractivity contribution in [3.8, 4) is 17.1 Å². The molecule has 4 aliphatic rings. The number of benzene rings is 2. The van der Waals surface area contributed by atoms with E-state index in [9.17, 15) is 22.4 Å². The van der Waals surface area contributed by atoms with Gasteiger partial charge < -0.3 is 20.3 Å². The number of alkyl halides is 4. The number of hydrogen-bond acceptors (Lipinski definition) is 7. The molecular weight excluding hydrogens is 583 g/mol. The summed E-state index contributed by atoms with van der Waals surface area (Å²) in [7, 11) is 0. The first-order valence-electron chi connectivity index (χ1n) is 15.0. The number of anilines is 2. The number of hydrogen-bond donors (Lipinski definition) is 2. The minimum atomic E-state index is -4.78. The SMILES string of the molecule is CC(=O)Nc1ccc(C(F)(F)F)c(-c2ccc3c(N4C[C@H]5CC[C@@H](C4)N5)nc(OC[C@@]45CCCN4C[C@H](F)C5)nc3c2F)c1. The number of amides is 1. The predicted molar refractivity (Wildman–Crippen MR) is 155 cm³/mol. The fourth-order valence-corrected chi connectivity index (χ4v) is 7.55. The zero-order valence-corrected chi connectivity index (χ0v) is 24.2. The smallest absolute Gasteiger partial charge is 0.417 e. The van der Waals surface area contributed by atoms with E-state index in [1.54, 1.807) is 6.07 Å². The van der Waals surface area contributed by atoms with E-state index >= 15 is 4.39 Å². The van der Waals surface area contributed by atoms with Gasteiger partial charge in [0.2, 0.25) is 5.91 Å². The van der Waals surface area contributed by atoms with Crippen molar-refractivity contribution < 1.29 is 31.5 Å². The Labute approximate surface area is 251 Å². The van der Waals surface area contributed by atoms with Crippen LogP contribution in [0.25, 0.3) is 22.0 Å². The Balaban J connectivity index is 1.34. The fourth-order valence-electron chi connectivity index (χ4n) is 7.55. The van der Waals surface area contributed by atoms with E-state index in [-0.39, 0.29) is 41.5 Å². The summed E-state index contributed by atoms with van der Waals surface area (Å²) >= 11 is 0. The summed E-state index contributed by atoms with van der Waals surface area (Å²) in [4.78, 5) is 24.9. The van der Waals surface area contributed by atoms with Gasteiger partial charge in [-0.25, -0.2) is 8.78 Å². The Kier molecular flexibility index (Phi) is 7.15. The quantitative estimate of drug-likeness (QED) is 0.364. The van der Waals surface area contributed by atoms with E-state index in [0.29, 0.717) is 37.3 Å². The van der Waals surface area contributed by atoms with Gasteiger partial charge in [0.25, 0.3) is 0 Å². The van der Waals surface area contributed by atoms with Crippen LogP contribution >= 0.6 is 0 Å². The normalized spacial score (nSPS) is 26.8. The van der Waals surface area contributed by atoms with Crippen LogP contribution in [-0.4, -0.2) is 77.4 Å². The molecule has 4 aliphatic heterocycles. The average Bonchev–Trinajstić information content (AvgIpc) is 3.61. The minimum Gasteiger partial charge on any atom is -0.461 e. The average molecular weight is 617 g/mol. The van der Waals surface area contributed by atoms with Crippen molar-refractivity contribution in [2.45, 2.75) is 69.0 Å². The molecule has 0 radical (unpaired) electrons. The van der Waals surface area contributed by atoms with Crippen LogP contribution < -0.4 is 20.3 Å². The minimum absolute atomic E-state index is 0.0963. The van der Waals surface area contributed by atoms with Gasteiger partial charge in [-0.1, -0.05) is 6.07 Å². The number of carbonyl (C=O) groups is 1. The molecule has 0 unspecified atom stereocenters. The molecule has 0 aliphatic carbocycles. The zero-order chi connectivity index (χ0) is 30.8. The summed E-state index contributed by atoms with van der Waals surface area (Å²) in [6.45, 7) is 3.73. The highest BCUT2D eigenvalue weighted by molar-refractivity contribution is 5.95. The number of aromatic nitrogens is 2. The van der Waals surface area contributed by atoms with Crippen molar-refractivity contribution in [2.24, 2.45) is 0 Å². The Morgan fingerprint density at radius 2 is 1.89 bits per heavy atom. The van der Waals surface area contributed by atoms with E-state index < -0.39 is 40.7 Å². The molecule has 2 N–H and O–H groups in total. The van der Waals surface area contributed by atoms with Crippen molar-refractivity contribution in [1.29, 1.82) is 0 Å². The van der Waals surface area contributed by atoms with E-state index in [4.69, 9.17) is 9.72 Å². The number of nitrogens with one attached hydrogen (secondary N) is 2. The van der Waals surface area contributed by atoms with Gasteiger partial charge in [-0.3, -0.25) is 9.69 Å². The Morgan fingerprint density at radius 1 is 1.11 bits per heavy atom. The standard InChI is InChI=1S/C31H33F5N6O2/c1-17(43)37-19-5-8-25(31(34,35)36)24(11-19)22-6-7-23-27(26(22)33)39-29(40-28(23)41-14-20-3-4-21(15-41)38-20)44-16-30-9-2-10-42(30)13-18(32)12-30/h5-8,11,18,20-21,38H,2-4,9-10,12-16H2,1H3,(H,37,43)/t18-,20-,21+,30+/m1/s1. The van der Waals surface area contributed by atoms with E-state index in [1.807, 2.05) is 0 Å². The first kappa shape index (κ1) is 29.1. The van der Waals surface area contributed by atoms with Crippen LogP contribution in [0.15, 0.2) is 30.3 Å². The molecule has 8 nitrogen and oxygen atoms in total. The highest BCUT2D eigenvalue weighted by Crippen LogP contribution is 2.43. The Morgan fingerprint density at radius 3 is 2.61 bits per heavy atom. The molecule has 2 bridgehead atoms. The summed E-state index contributed by atoms with van der Waals surface area (Å²) in [5, 5.41) is 6.39. The largest absolute Gasteiger partial charge is 0.461 e. The second-order valence-electron chi connectivity index (χ2n) is 12.5. The maximum Gasteiger partial charge on any atom is 0.417 e. The fraction of sp³-hybridized carbons (Fsp3) is 0.516. The molecule has 234 valence electrons. The van der Waals surface area contributed by atoms with Gasteiger partial charge in [0.05, 0.1) is 11.1 Å². The van der Waals surface area contributed by atoms with Crippen LogP contribution in [0.5, 0.6) is 6.01 Å². The zero-order valence-electron chi connectivity index (χ0n) is 24.2. The van der Waals surface area contributed by atoms with Crippen LogP contribution in [0.3, 0.4) is 0 Å². The van der Waals surface area contributed by atoms with Gasteiger partial charge in [0.15, 0.2) is 5.82 Å². The molecule has 7 rings (SSSR count). The van der Waals surface area contributed by atoms with Crippen molar-refractivity contribution in [1.82, 2.24) is 20.2 Å². The molecule has 4 atom stereocenters. The molecule has 0 saturated carbocycles. The summed E-state index contributed by atoms with van der Waals surface area (Å²) in [6, 6.07) is 6.31. The highest BCUT2D eigenvalue weighted by Gasteiger charge is 2.49. The lowest BCUT2D eigenvalue weighted by atomic mass is 9.95. The third-order valence-electron chi connectivity index (χ3n) is 9.45. The molecule has 1 aromatic heterocycles. The predicted octanol–water partition coefficient (Wildman–Crippen LogP) is 5.31. The Bertz CT molecular complexity index is 1610. The number of fused-ring (bicyclic) bond motifs is 4. The number of carbonyl (C=O) groups excluding carboxylic acids is 1. The maximum atomic E-state index is 16.5. The third-order valence-corrected chi connectivity index (χ3v) is 9.45. The number of nitrogens with zero attached hydrogens (tertiary/aromatic N) is 4. The highest BCUT2D eigenvalue weighted by atomic mass is 19.4. The van der Waals surface area contributed by atoms with Gasteiger partial charge in [-0.15, -0.1) is 0 Å². The summed E-state index contributed by atoms with van der Waals surface area (Å²) in [5.74, 6) is -0.974. The second kappa shape index (κ2) is 10.8. The van der Waals surface area contributed by atoms with Crippen molar-refractivity contribution in [2.75, 3.05) is 43.0 Å². The van der Waals surface area contributed by atoms with Gasteiger partial charge in [-0.2, -0.15) is 23.1 Å². The van der Waals surface area contributed by atoms with Crippen LogP contribution in [0.2, 0.25) is 0 Å². The number of ether oxygens (including phenoxy) is 1. The molecule has 3 aromatic rings. The number of halogens is 5. The topological polar surface area (TPSA) is 82.6 Å². The Hall–Kier alpha value is -3.58. The van der Waals surface area contributed by atoms with Crippen LogP contribution in [-0.2, 0) is 11.0 Å². The van der Waals surface area contributed by atoms with Crippen molar-refractivity contribution in [3.05, 3.63) is 41.7 Å². The van der Waals surface area contributed by atoms with E-state index in [0.717, 1.165) is 50.4 Å². The summed E-state index contributed by atoms with van der Waals surface area (Å²) in [5.41, 5.74) is -2.33. The molecule has 4 saturated heterocycles. The number of rotatable bonds is 6. The lowest BCUT2D eigenvalue weighted by Crippen LogP contribution is -2.51.